The number of imide groups is 1. The number of carbonyl (C=O) groups excluding carboxylic acids is 3. The number of aryl methyl sites for hydroxylation is 1. The van der Waals surface area contributed by atoms with Crippen LogP contribution >= 0.6 is 0 Å². The molecule has 0 saturated carbocycles. The second-order valence-corrected chi connectivity index (χ2v) is 6.63. The molecule has 3 amide bonds. The lowest BCUT2D eigenvalue weighted by Crippen LogP contribution is -2.41. The fraction of sp³-hybridized carbons (Fsp3) is 0.444. The largest absolute Gasteiger partial charge is 0.367 e. The monoisotopic (exact) mass is 385 g/mol. The molecule has 1 aliphatic heterocycles. The Kier molecular flexibility index (Phi) is 5.67. The Hall–Kier alpha value is -3.30. The van der Waals surface area contributed by atoms with Crippen LogP contribution in [0.25, 0.3) is 5.82 Å². The highest BCUT2D eigenvalue weighted by Gasteiger charge is 2.30. The van der Waals surface area contributed by atoms with Gasteiger partial charge in [-0.15, -0.1) is 10.2 Å². The van der Waals surface area contributed by atoms with Crippen LogP contribution in [0, 0.1) is 20.8 Å². The van der Waals surface area contributed by atoms with Crippen LogP contribution in [0.15, 0.2) is 12.1 Å². The Labute approximate surface area is 162 Å². The Morgan fingerprint density at radius 3 is 2.36 bits per heavy atom. The number of carbonyl (C=O) groups is 3. The van der Waals surface area contributed by atoms with Gasteiger partial charge in [0.2, 0.25) is 17.7 Å². The second-order valence-electron chi connectivity index (χ2n) is 6.63. The van der Waals surface area contributed by atoms with E-state index >= 15 is 0 Å². The highest BCUT2D eigenvalue weighted by atomic mass is 16.2. The Bertz CT molecular complexity index is 889. The molecule has 2 aromatic rings. The normalized spacial score (nSPS) is 13.9. The van der Waals surface area contributed by atoms with Gasteiger partial charge < -0.3 is 10.6 Å². The molecular weight excluding hydrogens is 362 g/mol. The van der Waals surface area contributed by atoms with Gasteiger partial charge in [-0.1, -0.05) is 0 Å². The highest BCUT2D eigenvalue weighted by molar-refractivity contribution is 6.04. The smallest absolute Gasteiger partial charge is 0.240 e. The van der Waals surface area contributed by atoms with E-state index in [1.54, 1.807) is 10.7 Å². The predicted molar refractivity (Wildman–Crippen MR) is 101 cm³/mol. The van der Waals surface area contributed by atoms with E-state index in [9.17, 15) is 14.4 Å². The van der Waals surface area contributed by atoms with Crippen molar-refractivity contribution in [1.29, 1.82) is 0 Å². The molecule has 1 aliphatic rings. The zero-order valence-electron chi connectivity index (χ0n) is 16.2. The Morgan fingerprint density at radius 1 is 1.07 bits per heavy atom. The van der Waals surface area contributed by atoms with E-state index in [2.05, 4.69) is 25.9 Å². The number of hydrogen-bond donors (Lipinski definition) is 2. The minimum absolute atomic E-state index is 0.180. The third-order valence-electron chi connectivity index (χ3n) is 4.73. The van der Waals surface area contributed by atoms with Crippen molar-refractivity contribution in [3.63, 3.8) is 0 Å². The summed E-state index contributed by atoms with van der Waals surface area (Å²) in [6.45, 7) is 6.48. The van der Waals surface area contributed by atoms with Gasteiger partial charge in [0.1, 0.15) is 12.4 Å². The molecule has 0 aliphatic carbocycles. The summed E-state index contributed by atoms with van der Waals surface area (Å²) in [5, 5.41) is 18.5. The quantitative estimate of drug-likeness (QED) is 0.518. The number of amides is 3. The summed E-state index contributed by atoms with van der Waals surface area (Å²) in [4.78, 5) is 35.8. The van der Waals surface area contributed by atoms with Crippen LogP contribution in [0.4, 0.5) is 5.82 Å². The Balaban J connectivity index is 1.45. The van der Waals surface area contributed by atoms with Crippen molar-refractivity contribution < 1.29 is 14.4 Å². The van der Waals surface area contributed by atoms with Gasteiger partial charge in [0.05, 0.1) is 5.69 Å². The SMILES string of the molecule is Cc1nn(-c2ccc(NCCNC(=O)CN3C(=O)CCC3=O)nn2)c(C)c1C. The van der Waals surface area contributed by atoms with Crippen molar-refractivity contribution in [3.8, 4) is 5.82 Å². The topological polar surface area (TPSA) is 122 Å². The van der Waals surface area contributed by atoms with Gasteiger partial charge in [-0.05, 0) is 38.5 Å². The molecule has 0 bridgehead atoms. The lowest BCUT2D eigenvalue weighted by Gasteiger charge is -2.13. The molecule has 3 heterocycles. The predicted octanol–water partition coefficient (Wildman–Crippen LogP) is 0.265. The van der Waals surface area contributed by atoms with E-state index in [0.29, 0.717) is 24.7 Å². The van der Waals surface area contributed by atoms with Crippen LogP contribution in [-0.4, -0.2) is 62.2 Å². The first-order valence-electron chi connectivity index (χ1n) is 9.07. The van der Waals surface area contributed by atoms with E-state index in [1.807, 2.05) is 26.8 Å². The number of anilines is 1. The molecular formula is C18H23N7O3. The summed E-state index contributed by atoms with van der Waals surface area (Å²) in [7, 11) is 0. The molecule has 1 saturated heterocycles. The number of rotatable bonds is 7. The number of nitrogens with one attached hydrogen (secondary N) is 2. The third-order valence-corrected chi connectivity index (χ3v) is 4.73. The van der Waals surface area contributed by atoms with Crippen LogP contribution in [0.5, 0.6) is 0 Å². The van der Waals surface area contributed by atoms with Crippen molar-refractivity contribution in [3.05, 3.63) is 29.1 Å². The van der Waals surface area contributed by atoms with Gasteiger partial charge in [-0.25, -0.2) is 4.68 Å². The molecule has 2 N–H and O–H groups in total. The average Bonchev–Trinajstić information content (AvgIpc) is 3.13. The summed E-state index contributed by atoms with van der Waals surface area (Å²) >= 11 is 0. The van der Waals surface area contributed by atoms with Gasteiger partial charge in [0.25, 0.3) is 0 Å². The summed E-state index contributed by atoms with van der Waals surface area (Å²) in [6, 6.07) is 3.61. The molecule has 0 spiro atoms. The lowest BCUT2D eigenvalue weighted by atomic mass is 10.2. The van der Waals surface area contributed by atoms with Crippen molar-refractivity contribution >= 4 is 23.5 Å². The maximum atomic E-state index is 11.8. The van der Waals surface area contributed by atoms with Crippen LogP contribution in [-0.2, 0) is 14.4 Å². The third kappa shape index (κ3) is 4.16. The Morgan fingerprint density at radius 2 is 1.79 bits per heavy atom. The average molecular weight is 385 g/mol. The summed E-state index contributed by atoms with van der Waals surface area (Å²) in [5.41, 5.74) is 3.09. The van der Waals surface area contributed by atoms with Gasteiger partial charge in [-0.2, -0.15) is 5.10 Å². The van der Waals surface area contributed by atoms with Gasteiger partial charge >= 0.3 is 0 Å². The lowest BCUT2D eigenvalue weighted by molar-refractivity contribution is -0.142. The maximum Gasteiger partial charge on any atom is 0.240 e. The molecule has 0 atom stereocenters. The van der Waals surface area contributed by atoms with Crippen LogP contribution in [0.2, 0.25) is 0 Å². The van der Waals surface area contributed by atoms with Crippen LogP contribution in [0.1, 0.15) is 29.8 Å². The van der Waals surface area contributed by atoms with Gasteiger partial charge in [0, 0.05) is 31.6 Å². The fourth-order valence-corrected chi connectivity index (χ4v) is 2.87. The molecule has 148 valence electrons. The molecule has 0 radical (unpaired) electrons. The molecule has 3 rings (SSSR count). The number of aromatic nitrogens is 4. The standard InChI is InChI=1S/C18H23N7O3/c1-11-12(2)23-25(13(11)3)15-5-4-14(21-22-15)19-8-9-20-16(26)10-24-17(27)6-7-18(24)28/h4-5H,6-10H2,1-3H3,(H,19,21)(H,20,26). The highest BCUT2D eigenvalue weighted by Crippen LogP contribution is 2.15. The molecule has 10 heteroatoms. The van der Waals surface area contributed by atoms with Gasteiger partial charge in [0.15, 0.2) is 5.82 Å². The molecule has 0 aromatic carbocycles. The molecule has 10 nitrogen and oxygen atoms in total. The minimum atomic E-state index is -0.369. The molecule has 2 aromatic heterocycles. The zero-order valence-corrected chi connectivity index (χ0v) is 16.2. The summed E-state index contributed by atoms with van der Waals surface area (Å²) in [6.07, 6.45) is 0.360. The van der Waals surface area contributed by atoms with E-state index in [-0.39, 0.29) is 37.1 Å². The molecule has 28 heavy (non-hydrogen) atoms. The van der Waals surface area contributed by atoms with E-state index in [0.717, 1.165) is 21.9 Å². The van der Waals surface area contributed by atoms with Crippen molar-refractivity contribution in [2.75, 3.05) is 25.0 Å². The van der Waals surface area contributed by atoms with Crippen molar-refractivity contribution in [1.82, 2.24) is 30.2 Å². The van der Waals surface area contributed by atoms with Gasteiger partial charge in [-0.3, -0.25) is 19.3 Å². The first-order valence-corrected chi connectivity index (χ1v) is 9.07. The number of likely N-dealkylation sites (tertiary alicyclic amines) is 1. The van der Waals surface area contributed by atoms with Crippen molar-refractivity contribution in [2.45, 2.75) is 33.6 Å². The summed E-state index contributed by atoms with van der Waals surface area (Å²) in [5.74, 6) is 0.235. The van der Waals surface area contributed by atoms with E-state index in [4.69, 9.17) is 0 Å². The zero-order chi connectivity index (χ0) is 20.3. The summed E-state index contributed by atoms with van der Waals surface area (Å²) < 4.78 is 1.75. The number of nitrogens with zero attached hydrogens (tertiary/aromatic N) is 5. The van der Waals surface area contributed by atoms with E-state index in [1.165, 1.54) is 0 Å². The molecule has 1 fully saturated rings. The number of hydrogen-bond acceptors (Lipinski definition) is 7. The molecule has 0 unspecified atom stereocenters. The van der Waals surface area contributed by atoms with Crippen molar-refractivity contribution in [2.24, 2.45) is 0 Å². The minimum Gasteiger partial charge on any atom is -0.367 e. The first-order chi connectivity index (χ1) is 13.4. The second kappa shape index (κ2) is 8.15. The first kappa shape index (κ1) is 19.5. The fourth-order valence-electron chi connectivity index (χ4n) is 2.87. The van der Waals surface area contributed by atoms with Crippen LogP contribution < -0.4 is 10.6 Å². The van der Waals surface area contributed by atoms with E-state index < -0.39 is 0 Å². The van der Waals surface area contributed by atoms with Crippen LogP contribution in [0.3, 0.4) is 0 Å². The maximum absolute atomic E-state index is 11.8.